The van der Waals surface area contributed by atoms with E-state index in [4.69, 9.17) is 14.6 Å². The number of nitrogens with one attached hydrogen (secondary N) is 1. The molecule has 22 heavy (non-hydrogen) atoms. The molecule has 128 valence electrons. The van der Waals surface area contributed by atoms with E-state index in [9.17, 15) is 30.0 Å². The van der Waals surface area contributed by atoms with E-state index in [-0.39, 0.29) is 0 Å². The standard InChI is InChI=1S/C12H21NO9/c1-5(15)13-8-6(16)3-12(21-2,11(19)20)22-10(8)9(18)7(17)4-14/h6-10,14,16-18H,3-4H2,1-2H3,(H,13,15)(H,19,20)/t6?,7-,8?,9+,10?,12?/m1/s1. The van der Waals surface area contributed by atoms with Gasteiger partial charge in [-0.15, -0.1) is 0 Å². The number of carbonyl (C=O) groups is 2. The number of aliphatic hydroxyl groups excluding tert-OH is 4. The molecule has 0 saturated carbocycles. The van der Waals surface area contributed by atoms with Crippen LogP contribution in [0.15, 0.2) is 0 Å². The SMILES string of the molecule is COC1(C(=O)O)CC(O)C(NC(C)=O)C([C@@H](O)[C@H](O)CO)O1. The van der Waals surface area contributed by atoms with Crippen molar-refractivity contribution in [2.75, 3.05) is 13.7 Å². The molecule has 10 nitrogen and oxygen atoms in total. The minimum absolute atomic E-state index is 0.498. The summed E-state index contributed by atoms with van der Waals surface area (Å²) in [6.07, 6.45) is -6.84. The fourth-order valence-electron chi connectivity index (χ4n) is 2.34. The summed E-state index contributed by atoms with van der Waals surface area (Å²) in [5, 5.41) is 50.1. The number of ether oxygens (including phenoxy) is 2. The van der Waals surface area contributed by atoms with Gasteiger partial charge in [0.15, 0.2) is 0 Å². The monoisotopic (exact) mass is 323 g/mol. The maximum Gasteiger partial charge on any atom is 0.364 e. The van der Waals surface area contributed by atoms with Crippen molar-refractivity contribution in [3.05, 3.63) is 0 Å². The second kappa shape index (κ2) is 7.31. The van der Waals surface area contributed by atoms with Crippen molar-refractivity contribution in [3.8, 4) is 0 Å². The number of aliphatic hydroxyl groups is 4. The molecule has 0 aromatic rings. The first-order chi connectivity index (χ1) is 10.2. The molecule has 0 aliphatic carbocycles. The maximum absolute atomic E-state index is 11.3. The van der Waals surface area contributed by atoms with Crippen molar-refractivity contribution < 1.29 is 44.6 Å². The van der Waals surface area contributed by atoms with Crippen LogP contribution in [-0.4, -0.2) is 87.4 Å². The number of carboxylic acids is 1. The van der Waals surface area contributed by atoms with Gasteiger partial charge in [-0.1, -0.05) is 0 Å². The summed E-state index contributed by atoms with van der Waals surface area (Å²) in [6.45, 7) is 0.338. The van der Waals surface area contributed by atoms with Crippen LogP contribution < -0.4 is 5.32 Å². The molecular weight excluding hydrogens is 302 g/mol. The molecule has 4 unspecified atom stereocenters. The molecule has 0 aromatic carbocycles. The van der Waals surface area contributed by atoms with Gasteiger partial charge in [0.25, 0.3) is 5.79 Å². The van der Waals surface area contributed by atoms with Crippen LogP contribution in [0.1, 0.15) is 13.3 Å². The van der Waals surface area contributed by atoms with E-state index in [0.717, 1.165) is 14.0 Å². The molecule has 6 N–H and O–H groups in total. The normalized spacial score (nSPS) is 34.7. The summed E-state index contributed by atoms with van der Waals surface area (Å²) >= 11 is 0. The number of carboxylic acid groups (broad SMARTS) is 1. The zero-order chi connectivity index (χ0) is 17.1. The average molecular weight is 323 g/mol. The topological polar surface area (TPSA) is 166 Å². The van der Waals surface area contributed by atoms with Crippen molar-refractivity contribution in [2.45, 2.75) is 49.6 Å². The third-order valence-electron chi connectivity index (χ3n) is 3.52. The van der Waals surface area contributed by atoms with E-state index in [1.54, 1.807) is 0 Å². The van der Waals surface area contributed by atoms with Crippen molar-refractivity contribution in [3.63, 3.8) is 0 Å². The third-order valence-corrected chi connectivity index (χ3v) is 3.52. The van der Waals surface area contributed by atoms with Gasteiger partial charge in [0.2, 0.25) is 5.91 Å². The number of methoxy groups -OCH3 is 1. The summed E-state index contributed by atoms with van der Waals surface area (Å²) in [4.78, 5) is 22.6. The largest absolute Gasteiger partial charge is 0.477 e. The first-order valence-electron chi connectivity index (χ1n) is 6.57. The Bertz CT molecular complexity index is 417. The Balaban J connectivity index is 3.14. The Morgan fingerprint density at radius 2 is 2.05 bits per heavy atom. The lowest BCUT2D eigenvalue weighted by molar-refractivity contribution is -0.303. The lowest BCUT2D eigenvalue weighted by atomic mass is 9.88. The van der Waals surface area contributed by atoms with Crippen LogP contribution in [-0.2, 0) is 19.1 Å². The van der Waals surface area contributed by atoms with Crippen molar-refractivity contribution in [1.29, 1.82) is 0 Å². The van der Waals surface area contributed by atoms with Crippen LogP contribution in [0.4, 0.5) is 0 Å². The highest BCUT2D eigenvalue weighted by Crippen LogP contribution is 2.32. The molecule has 10 heteroatoms. The Hall–Kier alpha value is -1.30. The smallest absolute Gasteiger partial charge is 0.364 e. The number of aliphatic carboxylic acids is 1. The third kappa shape index (κ3) is 3.72. The molecule has 0 bridgehead atoms. The average Bonchev–Trinajstić information content (AvgIpc) is 2.46. The fourth-order valence-corrected chi connectivity index (χ4v) is 2.34. The van der Waals surface area contributed by atoms with Crippen LogP contribution in [0.25, 0.3) is 0 Å². The summed E-state index contributed by atoms with van der Waals surface area (Å²) in [5.74, 6) is -4.33. The van der Waals surface area contributed by atoms with Crippen LogP contribution in [0.3, 0.4) is 0 Å². The number of carbonyl (C=O) groups excluding carboxylic acids is 1. The first kappa shape index (κ1) is 18.7. The van der Waals surface area contributed by atoms with E-state index in [0.29, 0.717) is 0 Å². The molecule has 1 saturated heterocycles. The predicted octanol–water partition coefficient (Wildman–Crippen LogP) is -3.22. The fraction of sp³-hybridized carbons (Fsp3) is 0.833. The zero-order valence-corrected chi connectivity index (χ0v) is 12.2. The lowest BCUT2D eigenvalue weighted by Crippen LogP contribution is -2.67. The van der Waals surface area contributed by atoms with Gasteiger partial charge in [0, 0.05) is 20.5 Å². The highest BCUT2D eigenvalue weighted by molar-refractivity contribution is 5.76. The minimum Gasteiger partial charge on any atom is -0.477 e. The van der Waals surface area contributed by atoms with Gasteiger partial charge in [-0.25, -0.2) is 4.79 Å². The van der Waals surface area contributed by atoms with Gasteiger partial charge in [-0.05, 0) is 0 Å². The van der Waals surface area contributed by atoms with Crippen molar-refractivity contribution in [2.24, 2.45) is 0 Å². The maximum atomic E-state index is 11.3. The van der Waals surface area contributed by atoms with Gasteiger partial charge in [-0.2, -0.15) is 0 Å². The van der Waals surface area contributed by atoms with Crippen LogP contribution in [0.5, 0.6) is 0 Å². The van der Waals surface area contributed by atoms with Crippen molar-refractivity contribution >= 4 is 11.9 Å². The van der Waals surface area contributed by atoms with E-state index in [1.165, 1.54) is 0 Å². The lowest BCUT2D eigenvalue weighted by Gasteiger charge is -2.46. The van der Waals surface area contributed by atoms with E-state index >= 15 is 0 Å². The summed E-state index contributed by atoms with van der Waals surface area (Å²) in [5.41, 5.74) is 0. The molecule has 0 aromatic heterocycles. The zero-order valence-electron chi connectivity index (χ0n) is 12.2. The van der Waals surface area contributed by atoms with Gasteiger partial charge >= 0.3 is 5.97 Å². The quantitative estimate of drug-likeness (QED) is 0.295. The Labute approximate surface area is 126 Å². The van der Waals surface area contributed by atoms with Crippen LogP contribution in [0.2, 0.25) is 0 Å². The molecule has 1 aliphatic rings. The summed E-state index contributed by atoms with van der Waals surface area (Å²) in [6, 6.07) is -1.18. The molecule has 0 spiro atoms. The van der Waals surface area contributed by atoms with E-state index in [1.807, 2.05) is 0 Å². The Morgan fingerprint density at radius 3 is 2.45 bits per heavy atom. The minimum atomic E-state index is -2.24. The molecule has 1 amide bonds. The molecule has 1 heterocycles. The second-order valence-corrected chi connectivity index (χ2v) is 5.08. The predicted molar refractivity (Wildman–Crippen MR) is 69.6 cm³/mol. The van der Waals surface area contributed by atoms with Gasteiger partial charge in [0.1, 0.15) is 18.3 Å². The Kier molecular flexibility index (Phi) is 6.23. The molecule has 1 rings (SSSR count). The highest BCUT2D eigenvalue weighted by atomic mass is 16.7. The number of hydrogen-bond acceptors (Lipinski definition) is 8. The number of rotatable bonds is 6. The van der Waals surface area contributed by atoms with E-state index < -0.39 is 61.1 Å². The molecule has 6 atom stereocenters. The summed E-state index contributed by atoms with van der Waals surface area (Å²) < 4.78 is 10.0. The summed E-state index contributed by atoms with van der Waals surface area (Å²) in [7, 11) is 1.05. The van der Waals surface area contributed by atoms with Gasteiger partial charge in [0.05, 0.1) is 18.8 Å². The van der Waals surface area contributed by atoms with Gasteiger partial charge < -0.3 is 40.3 Å². The number of amides is 1. The molecule has 1 aliphatic heterocycles. The van der Waals surface area contributed by atoms with Crippen LogP contribution >= 0.6 is 0 Å². The highest BCUT2D eigenvalue weighted by Gasteiger charge is 2.55. The molecule has 1 fully saturated rings. The molecule has 0 radical (unpaired) electrons. The van der Waals surface area contributed by atoms with Crippen LogP contribution in [0, 0.1) is 0 Å². The second-order valence-electron chi connectivity index (χ2n) is 5.08. The van der Waals surface area contributed by atoms with Gasteiger partial charge in [-0.3, -0.25) is 4.79 Å². The van der Waals surface area contributed by atoms with Crippen molar-refractivity contribution in [1.82, 2.24) is 5.32 Å². The first-order valence-corrected chi connectivity index (χ1v) is 6.57. The van der Waals surface area contributed by atoms with E-state index in [2.05, 4.69) is 5.32 Å². The Morgan fingerprint density at radius 1 is 1.45 bits per heavy atom. The number of hydrogen-bond donors (Lipinski definition) is 6. The molecular formula is C12H21NO9.